The quantitative estimate of drug-likeness (QED) is 0.712. The highest BCUT2D eigenvalue weighted by Crippen LogP contribution is 2.28. The monoisotopic (exact) mass is 441 g/mol. The zero-order valence-corrected chi connectivity index (χ0v) is 18.4. The number of nitrogens with zero attached hydrogens (tertiary/aromatic N) is 3. The van der Waals surface area contributed by atoms with Crippen molar-refractivity contribution in [2.75, 3.05) is 37.6 Å². The first-order valence-corrected chi connectivity index (χ1v) is 12.1. The van der Waals surface area contributed by atoms with E-state index in [1.54, 1.807) is 40.1 Å². The van der Waals surface area contributed by atoms with Gasteiger partial charge < -0.3 is 9.80 Å². The second kappa shape index (κ2) is 8.80. The lowest BCUT2D eigenvalue weighted by atomic mass is 10.1. The van der Waals surface area contributed by atoms with Gasteiger partial charge in [0.1, 0.15) is 0 Å². The normalized spacial score (nSPS) is 20.3. The third kappa shape index (κ3) is 4.36. The van der Waals surface area contributed by atoms with Gasteiger partial charge in [0.05, 0.1) is 10.8 Å². The van der Waals surface area contributed by atoms with Gasteiger partial charge >= 0.3 is 0 Å². The van der Waals surface area contributed by atoms with Crippen LogP contribution in [-0.4, -0.2) is 62.2 Å². The van der Waals surface area contributed by atoms with Crippen molar-refractivity contribution in [2.45, 2.75) is 24.7 Å². The van der Waals surface area contributed by atoms with Crippen molar-refractivity contribution in [3.63, 3.8) is 0 Å². The van der Waals surface area contributed by atoms with Gasteiger partial charge in [0, 0.05) is 44.8 Å². The summed E-state index contributed by atoms with van der Waals surface area (Å²) in [5.41, 5.74) is 1.98. The van der Waals surface area contributed by atoms with Crippen LogP contribution in [0.2, 0.25) is 0 Å². The molecule has 164 valence electrons. The van der Waals surface area contributed by atoms with Crippen molar-refractivity contribution in [1.82, 2.24) is 9.21 Å². The van der Waals surface area contributed by atoms with Crippen LogP contribution in [0.15, 0.2) is 59.5 Å². The molecule has 1 atom stereocenters. The first-order valence-electron chi connectivity index (χ1n) is 10.6. The molecule has 4 rings (SSSR count). The van der Waals surface area contributed by atoms with Crippen LogP contribution in [0.5, 0.6) is 0 Å². The minimum Gasteiger partial charge on any atom is -0.340 e. The number of piperazine rings is 1. The molecular formula is C23H27N3O4S. The zero-order chi connectivity index (χ0) is 22.0. The van der Waals surface area contributed by atoms with Crippen LogP contribution in [0.1, 0.15) is 18.9 Å². The van der Waals surface area contributed by atoms with Crippen LogP contribution < -0.4 is 4.90 Å². The van der Waals surface area contributed by atoms with Gasteiger partial charge in [-0.25, -0.2) is 8.42 Å². The largest absolute Gasteiger partial charge is 0.340 e. The predicted molar refractivity (Wildman–Crippen MR) is 118 cm³/mol. The van der Waals surface area contributed by atoms with Crippen LogP contribution in [-0.2, 0) is 26.0 Å². The summed E-state index contributed by atoms with van der Waals surface area (Å²) in [7, 11) is -3.56. The molecule has 2 aliphatic rings. The number of rotatable bonds is 5. The highest BCUT2D eigenvalue weighted by atomic mass is 32.2. The van der Waals surface area contributed by atoms with Gasteiger partial charge in [-0.15, -0.1) is 0 Å². The number of hydrogen-bond acceptors (Lipinski definition) is 4. The van der Waals surface area contributed by atoms with E-state index in [0.717, 1.165) is 17.7 Å². The average Bonchev–Trinajstić information content (AvgIpc) is 3.21. The van der Waals surface area contributed by atoms with Gasteiger partial charge in [-0.2, -0.15) is 4.31 Å². The molecule has 2 aliphatic heterocycles. The molecule has 0 aromatic heterocycles. The molecule has 0 radical (unpaired) electrons. The standard InChI is InChI=1S/C23H27N3O4S/c1-2-18-7-6-8-20(15-18)26-17-19(16-22(26)27)23(28)24-11-13-25(14-12-24)31(29,30)21-9-4-3-5-10-21/h3-10,15,19H,2,11-14,16-17H2,1H3/t19-/m1/s1. The fourth-order valence-electron chi connectivity index (χ4n) is 4.22. The van der Waals surface area contributed by atoms with Crippen LogP contribution in [0, 0.1) is 5.92 Å². The van der Waals surface area contributed by atoms with E-state index in [-0.39, 0.29) is 36.2 Å². The van der Waals surface area contributed by atoms with Crippen LogP contribution in [0.3, 0.4) is 0 Å². The molecule has 2 saturated heterocycles. The van der Waals surface area contributed by atoms with Gasteiger partial charge in [0.15, 0.2) is 0 Å². The molecule has 0 N–H and O–H groups in total. The van der Waals surface area contributed by atoms with Crippen LogP contribution in [0.25, 0.3) is 0 Å². The Kier molecular flexibility index (Phi) is 6.11. The van der Waals surface area contributed by atoms with E-state index in [2.05, 4.69) is 6.92 Å². The van der Waals surface area contributed by atoms with Crippen molar-refractivity contribution >= 4 is 27.5 Å². The predicted octanol–water partition coefficient (Wildman–Crippen LogP) is 2.13. The van der Waals surface area contributed by atoms with Crippen molar-refractivity contribution in [3.8, 4) is 0 Å². The maximum absolute atomic E-state index is 13.1. The zero-order valence-electron chi connectivity index (χ0n) is 17.6. The molecule has 2 fully saturated rings. The Hall–Kier alpha value is -2.71. The molecule has 0 unspecified atom stereocenters. The fourth-order valence-corrected chi connectivity index (χ4v) is 5.66. The summed E-state index contributed by atoms with van der Waals surface area (Å²) < 4.78 is 27.0. The number of benzene rings is 2. The molecule has 2 aromatic rings. The maximum Gasteiger partial charge on any atom is 0.243 e. The summed E-state index contributed by atoms with van der Waals surface area (Å²) in [5.74, 6) is -0.508. The van der Waals surface area contributed by atoms with E-state index >= 15 is 0 Å². The van der Waals surface area contributed by atoms with E-state index in [4.69, 9.17) is 0 Å². The highest BCUT2D eigenvalue weighted by Gasteiger charge is 2.39. The number of sulfonamides is 1. The third-order valence-corrected chi connectivity index (χ3v) is 7.95. The lowest BCUT2D eigenvalue weighted by Gasteiger charge is -2.35. The van der Waals surface area contributed by atoms with Gasteiger partial charge in [-0.1, -0.05) is 37.3 Å². The summed E-state index contributed by atoms with van der Waals surface area (Å²) in [6.45, 7) is 3.61. The molecule has 2 heterocycles. The summed E-state index contributed by atoms with van der Waals surface area (Å²) in [4.78, 5) is 29.3. The molecule has 0 bridgehead atoms. The van der Waals surface area contributed by atoms with Gasteiger partial charge in [0.25, 0.3) is 0 Å². The van der Waals surface area contributed by atoms with E-state index in [0.29, 0.717) is 19.6 Å². The Morgan fingerprint density at radius 3 is 2.39 bits per heavy atom. The Morgan fingerprint density at radius 2 is 1.71 bits per heavy atom. The van der Waals surface area contributed by atoms with Crippen molar-refractivity contribution < 1.29 is 18.0 Å². The van der Waals surface area contributed by atoms with E-state index < -0.39 is 15.9 Å². The smallest absolute Gasteiger partial charge is 0.243 e. The Morgan fingerprint density at radius 1 is 1.00 bits per heavy atom. The van der Waals surface area contributed by atoms with Gasteiger partial charge in [-0.05, 0) is 36.2 Å². The Bertz CT molecular complexity index is 1060. The van der Waals surface area contributed by atoms with Crippen molar-refractivity contribution in [1.29, 1.82) is 0 Å². The third-order valence-electron chi connectivity index (χ3n) is 6.04. The first kappa shape index (κ1) is 21.5. The molecule has 0 aliphatic carbocycles. The van der Waals surface area contributed by atoms with Gasteiger partial charge in [-0.3, -0.25) is 9.59 Å². The Labute approximate surface area is 183 Å². The molecule has 0 spiro atoms. The lowest BCUT2D eigenvalue weighted by molar-refractivity contribution is -0.136. The summed E-state index contributed by atoms with van der Waals surface area (Å²) in [5, 5.41) is 0. The topological polar surface area (TPSA) is 78.0 Å². The number of carbonyl (C=O) groups excluding carboxylic acids is 2. The maximum atomic E-state index is 13.1. The highest BCUT2D eigenvalue weighted by molar-refractivity contribution is 7.89. The lowest BCUT2D eigenvalue weighted by Crippen LogP contribution is -2.52. The number of carbonyl (C=O) groups is 2. The second-order valence-electron chi connectivity index (χ2n) is 7.97. The molecule has 2 aromatic carbocycles. The van der Waals surface area contributed by atoms with Crippen LogP contribution >= 0.6 is 0 Å². The van der Waals surface area contributed by atoms with E-state index in [1.165, 1.54) is 4.31 Å². The Balaban J connectivity index is 1.38. The van der Waals surface area contributed by atoms with Crippen molar-refractivity contribution in [3.05, 3.63) is 60.2 Å². The second-order valence-corrected chi connectivity index (χ2v) is 9.91. The van der Waals surface area contributed by atoms with E-state index in [1.807, 2.05) is 24.3 Å². The van der Waals surface area contributed by atoms with Gasteiger partial charge in [0.2, 0.25) is 21.8 Å². The number of hydrogen-bond donors (Lipinski definition) is 0. The summed E-state index contributed by atoms with van der Waals surface area (Å²) >= 11 is 0. The summed E-state index contributed by atoms with van der Waals surface area (Å²) in [6.07, 6.45) is 1.08. The molecule has 8 heteroatoms. The first-order chi connectivity index (χ1) is 14.9. The molecule has 7 nitrogen and oxygen atoms in total. The number of anilines is 1. The molecule has 31 heavy (non-hydrogen) atoms. The minimum absolute atomic E-state index is 0.0445. The van der Waals surface area contributed by atoms with Crippen LogP contribution in [0.4, 0.5) is 5.69 Å². The SMILES string of the molecule is CCc1cccc(N2C[C@H](C(=O)N3CCN(S(=O)(=O)c4ccccc4)CC3)CC2=O)c1. The minimum atomic E-state index is -3.56. The molecular weight excluding hydrogens is 414 g/mol. The average molecular weight is 442 g/mol. The van der Waals surface area contributed by atoms with Crippen molar-refractivity contribution in [2.24, 2.45) is 5.92 Å². The number of aryl methyl sites for hydroxylation is 1. The summed E-state index contributed by atoms with van der Waals surface area (Å²) in [6, 6.07) is 16.2. The molecule has 2 amide bonds. The molecule has 0 saturated carbocycles. The number of amides is 2. The fraction of sp³-hybridized carbons (Fsp3) is 0.391. The van der Waals surface area contributed by atoms with E-state index in [9.17, 15) is 18.0 Å².